The van der Waals surface area contributed by atoms with E-state index >= 15 is 0 Å². The van der Waals surface area contributed by atoms with Crippen molar-refractivity contribution in [3.8, 4) is 11.1 Å². The third-order valence-corrected chi connectivity index (χ3v) is 3.89. The Morgan fingerprint density at radius 1 is 1.21 bits per heavy atom. The largest absolute Gasteiger partial charge is 0.348 e. The maximum absolute atomic E-state index is 12.2. The normalized spacial score (nSPS) is 11.9. The molecule has 0 aliphatic heterocycles. The topological polar surface area (TPSA) is 83.8 Å². The van der Waals surface area contributed by atoms with Crippen LogP contribution >= 0.6 is 11.6 Å². The summed E-state index contributed by atoms with van der Waals surface area (Å²) >= 11 is 5.91. The number of aromatic amines is 1. The van der Waals surface area contributed by atoms with Gasteiger partial charge in [-0.1, -0.05) is 35.9 Å². The number of H-pyrrole nitrogens is 1. The summed E-state index contributed by atoms with van der Waals surface area (Å²) in [6.45, 7) is 0. The van der Waals surface area contributed by atoms with Crippen molar-refractivity contribution >= 4 is 23.2 Å². The first kappa shape index (κ1) is 16.2. The third-order valence-electron chi connectivity index (χ3n) is 3.64. The van der Waals surface area contributed by atoms with Gasteiger partial charge in [0, 0.05) is 29.0 Å². The van der Waals surface area contributed by atoms with E-state index in [2.05, 4.69) is 15.3 Å². The Morgan fingerprint density at radius 3 is 2.71 bits per heavy atom. The molecule has 0 fully saturated rings. The molecule has 24 heavy (non-hydrogen) atoms. The first-order valence-electron chi connectivity index (χ1n) is 7.51. The van der Waals surface area contributed by atoms with Crippen LogP contribution in [0.2, 0.25) is 5.02 Å². The Balaban J connectivity index is 1.70. The van der Waals surface area contributed by atoms with Gasteiger partial charge in [0.1, 0.15) is 0 Å². The number of nitrogens with one attached hydrogen (secondary N) is 2. The number of amides is 1. The number of aromatic nitrogens is 2. The van der Waals surface area contributed by atoms with Gasteiger partial charge < -0.3 is 16.0 Å². The van der Waals surface area contributed by atoms with Crippen LogP contribution in [0.25, 0.3) is 11.1 Å². The number of carbonyl (C=O) groups excluding carboxylic acids is 1. The van der Waals surface area contributed by atoms with Crippen LogP contribution in [0.1, 0.15) is 5.69 Å². The van der Waals surface area contributed by atoms with Gasteiger partial charge in [0.15, 0.2) is 0 Å². The van der Waals surface area contributed by atoms with Gasteiger partial charge in [-0.05, 0) is 35.4 Å². The van der Waals surface area contributed by atoms with Gasteiger partial charge in [0.05, 0.1) is 12.4 Å². The number of nitrogens with zero attached hydrogens (tertiary/aromatic N) is 1. The molecule has 0 aliphatic rings. The molecule has 0 spiro atoms. The minimum atomic E-state index is -0.648. The SMILES string of the molecule is NC(Cc1cnc[nH]1)C(=O)Nc1cccc(-c2ccc(Cl)cc2)c1. The summed E-state index contributed by atoms with van der Waals surface area (Å²) in [5.41, 5.74) is 9.49. The lowest BCUT2D eigenvalue weighted by Crippen LogP contribution is -2.37. The Bertz CT molecular complexity index is 815. The Labute approximate surface area is 144 Å². The first-order chi connectivity index (χ1) is 11.6. The van der Waals surface area contributed by atoms with Crippen LogP contribution in [0.15, 0.2) is 61.1 Å². The van der Waals surface area contributed by atoms with Crippen LogP contribution in [0.3, 0.4) is 0 Å². The molecular formula is C18H17ClN4O. The average molecular weight is 341 g/mol. The second-order valence-electron chi connectivity index (χ2n) is 5.46. The highest BCUT2D eigenvalue weighted by Crippen LogP contribution is 2.24. The Morgan fingerprint density at radius 2 is 2.00 bits per heavy atom. The molecule has 1 amide bonds. The van der Waals surface area contributed by atoms with Crippen molar-refractivity contribution in [2.75, 3.05) is 5.32 Å². The van der Waals surface area contributed by atoms with Gasteiger partial charge in [-0.15, -0.1) is 0 Å². The quantitative estimate of drug-likeness (QED) is 0.666. The fourth-order valence-electron chi connectivity index (χ4n) is 2.38. The third kappa shape index (κ3) is 4.01. The zero-order valence-corrected chi connectivity index (χ0v) is 13.6. The zero-order valence-electron chi connectivity index (χ0n) is 12.9. The average Bonchev–Trinajstić information content (AvgIpc) is 3.08. The van der Waals surface area contributed by atoms with Crippen molar-refractivity contribution in [3.05, 3.63) is 71.8 Å². The van der Waals surface area contributed by atoms with Crippen LogP contribution in [0.5, 0.6) is 0 Å². The lowest BCUT2D eigenvalue weighted by Gasteiger charge is -2.12. The van der Waals surface area contributed by atoms with E-state index in [-0.39, 0.29) is 5.91 Å². The minimum Gasteiger partial charge on any atom is -0.348 e. The van der Waals surface area contributed by atoms with Crippen molar-refractivity contribution in [3.63, 3.8) is 0 Å². The molecule has 1 aromatic heterocycles. The summed E-state index contributed by atoms with van der Waals surface area (Å²) in [7, 11) is 0. The van der Waals surface area contributed by atoms with E-state index in [4.69, 9.17) is 17.3 Å². The fraction of sp³-hybridized carbons (Fsp3) is 0.111. The van der Waals surface area contributed by atoms with Gasteiger partial charge in [0.25, 0.3) is 0 Å². The van der Waals surface area contributed by atoms with Crippen molar-refractivity contribution < 1.29 is 4.79 Å². The first-order valence-corrected chi connectivity index (χ1v) is 7.89. The predicted octanol–water partition coefficient (Wildman–Crippen LogP) is 3.24. The number of benzene rings is 2. The number of hydrogen-bond donors (Lipinski definition) is 3. The second kappa shape index (κ2) is 7.29. The van der Waals surface area contributed by atoms with Crippen LogP contribution < -0.4 is 11.1 Å². The van der Waals surface area contributed by atoms with Crippen molar-refractivity contribution in [1.29, 1.82) is 0 Å². The fourth-order valence-corrected chi connectivity index (χ4v) is 2.51. The number of halogens is 1. The molecule has 2 aromatic carbocycles. The van der Waals surface area contributed by atoms with E-state index in [0.29, 0.717) is 17.1 Å². The van der Waals surface area contributed by atoms with Crippen molar-refractivity contribution in [1.82, 2.24) is 9.97 Å². The van der Waals surface area contributed by atoms with Gasteiger partial charge in [0.2, 0.25) is 5.91 Å². The van der Waals surface area contributed by atoms with Crippen LogP contribution in [0, 0.1) is 0 Å². The van der Waals surface area contributed by atoms with E-state index in [1.54, 1.807) is 12.5 Å². The van der Waals surface area contributed by atoms with Crippen LogP contribution in [-0.4, -0.2) is 21.9 Å². The lowest BCUT2D eigenvalue weighted by molar-refractivity contribution is -0.117. The number of carbonyl (C=O) groups is 1. The van der Waals surface area contributed by atoms with Gasteiger partial charge in [-0.25, -0.2) is 4.98 Å². The number of anilines is 1. The molecule has 6 heteroatoms. The van der Waals surface area contributed by atoms with Gasteiger partial charge in [-0.3, -0.25) is 4.79 Å². The second-order valence-corrected chi connectivity index (χ2v) is 5.90. The summed E-state index contributed by atoms with van der Waals surface area (Å²) < 4.78 is 0. The van der Waals surface area contributed by atoms with E-state index in [1.807, 2.05) is 48.5 Å². The predicted molar refractivity (Wildman–Crippen MR) is 95.8 cm³/mol. The summed E-state index contributed by atoms with van der Waals surface area (Å²) in [5.74, 6) is -0.238. The van der Waals surface area contributed by atoms with Crippen molar-refractivity contribution in [2.45, 2.75) is 12.5 Å². The van der Waals surface area contributed by atoms with E-state index < -0.39 is 6.04 Å². The molecule has 5 nitrogen and oxygen atoms in total. The molecule has 1 atom stereocenters. The maximum Gasteiger partial charge on any atom is 0.241 e. The number of hydrogen-bond acceptors (Lipinski definition) is 3. The molecule has 0 saturated heterocycles. The standard InChI is InChI=1S/C18H17ClN4O/c19-14-6-4-12(5-7-14)13-2-1-3-15(8-13)23-18(24)17(20)9-16-10-21-11-22-16/h1-8,10-11,17H,9,20H2,(H,21,22)(H,23,24). The highest BCUT2D eigenvalue weighted by molar-refractivity contribution is 6.30. The highest BCUT2D eigenvalue weighted by Gasteiger charge is 2.15. The molecule has 1 heterocycles. The van der Waals surface area contributed by atoms with Gasteiger partial charge in [-0.2, -0.15) is 0 Å². The monoisotopic (exact) mass is 340 g/mol. The molecule has 3 aromatic rings. The molecule has 0 saturated carbocycles. The molecule has 1 unspecified atom stereocenters. The van der Waals surface area contributed by atoms with E-state index in [9.17, 15) is 4.79 Å². The summed E-state index contributed by atoms with van der Waals surface area (Å²) in [6, 6.07) is 14.5. The van der Waals surface area contributed by atoms with Crippen LogP contribution in [0.4, 0.5) is 5.69 Å². The molecule has 0 aliphatic carbocycles. The zero-order chi connectivity index (χ0) is 16.9. The molecule has 3 rings (SSSR count). The summed E-state index contributed by atoms with van der Waals surface area (Å²) in [5, 5.41) is 3.54. The number of nitrogens with two attached hydrogens (primary N) is 1. The molecular weight excluding hydrogens is 324 g/mol. The smallest absolute Gasteiger partial charge is 0.241 e. The highest BCUT2D eigenvalue weighted by atomic mass is 35.5. The minimum absolute atomic E-state index is 0.238. The van der Waals surface area contributed by atoms with Crippen molar-refractivity contribution in [2.24, 2.45) is 5.73 Å². The Kier molecular flexibility index (Phi) is 4.93. The maximum atomic E-state index is 12.2. The van der Waals surface area contributed by atoms with Gasteiger partial charge >= 0.3 is 0 Å². The molecule has 122 valence electrons. The summed E-state index contributed by atoms with van der Waals surface area (Å²) in [4.78, 5) is 19.1. The van der Waals surface area contributed by atoms with Crippen LogP contribution in [-0.2, 0) is 11.2 Å². The van der Waals surface area contributed by atoms with E-state index in [0.717, 1.165) is 16.8 Å². The number of imidazole rings is 1. The Hall–Kier alpha value is -2.63. The molecule has 0 bridgehead atoms. The number of rotatable bonds is 5. The molecule has 0 radical (unpaired) electrons. The molecule has 4 N–H and O–H groups in total. The van der Waals surface area contributed by atoms with E-state index in [1.165, 1.54) is 0 Å². The summed E-state index contributed by atoms with van der Waals surface area (Å²) in [6.07, 6.45) is 3.63. The lowest BCUT2D eigenvalue weighted by atomic mass is 10.1.